The summed E-state index contributed by atoms with van der Waals surface area (Å²) in [5.41, 5.74) is -3.74. The number of esters is 2. The third-order valence-corrected chi connectivity index (χ3v) is 12.2. The van der Waals surface area contributed by atoms with E-state index in [-0.39, 0.29) is 30.9 Å². The molecule has 10 nitrogen and oxygen atoms in total. The predicted molar refractivity (Wildman–Crippen MR) is 146 cm³/mol. The predicted octanol–water partition coefficient (Wildman–Crippen LogP) is 0.465. The zero-order valence-corrected chi connectivity index (χ0v) is 24.4. The van der Waals surface area contributed by atoms with Gasteiger partial charge in [-0.25, -0.2) is 9.59 Å². The van der Waals surface area contributed by atoms with Gasteiger partial charge in [0, 0.05) is 51.8 Å². The Morgan fingerprint density at radius 3 is 2.34 bits per heavy atom. The molecule has 5 N–H and O–H groups in total. The number of aliphatic hydroxyl groups is 5. The van der Waals surface area contributed by atoms with Gasteiger partial charge in [-0.2, -0.15) is 0 Å². The number of ether oxygens (including phenoxy) is 2. The molecule has 13 atom stereocenters. The maximum absolute atomic E-state index is 13.5. The van der Waals surface area contributed by atoms with Crippen molar-refractivity contribution in [2.45, 2.75) is 89.1 Å². The number of allylic oxidation sites excluding steroid dienone is 1. The average molecular weight is 574 g/mol. The topological polar surface area (TPSA) is 157 Å². The van der Waals surface area contributed by atoms with E-state index in [2.05, 4.69) is 11.5 Å². The van der Waals surface area contributed by atoms with Gasteiger partial charge in [0.25, 0.3) is 0 Å². The Balaban J connectivity index is 1.63. The minimum Gasteiger partial charge on any atom is -0.455 e. The highest BCUT2D eigenvalue weighted by atomic mass is 16.6. The summed E-state index contributed by atoms with van der Waals surface area (Å²) in [6, 6.07) is -0.418. The van der Waals surface area contributed by atoms with Crippen molar-refractivity contribution in [3.8, 4) is 0 Å². The number of carbonyl (C=O) groups excluding carboxylic acids is 2. The highest BCUT2D eigenvalue weighted by Crippen LogP contribution is 2.84. The first-order valence-electron chi connectivity index (χ1n) is 14.6. The van der Waals surface area contributed by atoms with Crippen LogP contribution in [0.2, 0.25) is 0 Å². The monoisotopic (exact) mass is 573 g/mol. The second kappa shape index (κ2) is 8.97. The van der Waals surface area contributed by atoms with Crippen LogP contribution in [0.1, 0.15) is 47.0 Å². The lowest BCUT2D eigenvalue weighted by molar-refractivity contribution is -0.361. The highest BCUT2D eigenvalue weighted by molar-refractivity contribution is 5.89. The molecule has 0 radical (unpaired) electrons. The third kappa shape index (κ3) is 3.14. The molecule has 0 aromatic carbocycles. The van der Waals surface area contributed by atoms with Crippen LogP contribution in [0.4, 0.5) is 0 Å². The van der Waals surface area contributed by atoms with Gasteiger partial charge in [-0.3, -0.25) is 0 Å². The van der Waals surface area contributed by atoms with Crippen molar-refractivity contribution in [2.24, 2.45) is 34.0 Å². The lowest BCUT2D eigenvalue weighted by Gasteiger charge is -2.73. The second-order valence-electron chi connectivity index (χ2n) is 13.9. The molecule has 6 fully saturated rings. The summed E-state index contributed by atoms with van der Waals surface area (Å²) in [6.07, 6.45) is -2.11. The molecule has 6 bridgehead atoms. The lowest BCUT2D eigenvalue weighted by atomic mass is 9.38. The van der Waals surface area contributed by atoms with Gasteiger partial charge < -0.3 is 39.9 Å². The van der Waals surface area contributed by atoms with Crippen LogP contribution in [0, 0.1) is 34.0 Å². The van der Waals surface area contributed by atoms with Gasteiger partial charge in [-0.05, 0) is 59.1 Å². The van der Waals surface area contributed by atoms with E-state index in [1.165, 1.54) is 13.0 Å². The van der Waals surface area contributed by atoms with E-state index in [0.717, 1.165) is 5.57 Å². The summed E-state index contributed by atoms with van der Waals surface area (Å²) < 4.78 is 12.4. The van der Waals surface area contributed by atoms with Crippen molar-refractivity contribution in [2.75, 3.05) is 20.2 Å². The molecule has 0 amide bonds. The SMILES string of the molecule is C=C1C[C@@]23[C@H]4[C@H](OC(=O)/C(C)=C/CO)[C@H](OC(=O)/C(C)=C/C)[C@@H]1[C@@H]2C1N(C)C[C@]2(C)C[C@H](O)C[C@@]14[C@]2(O)[C@@H](O)[C@@H]3O. The van der Waals surface area contributed by atoms with Gasteiger partial charge in [0.05, 0.1) is 18.8 Å². The Bertz CT molecular complexity index is 1260. The fourth-order valence-electron chi connectivity index (χ4n) is 11.2. The first-order valence-corrected chi connectivity index (χ1v) is 14.6. The Morgan fingerprint density at radius 2 is 1.71 bits per heavy atom. The maximum atomic E-state index is 13.5. The second-order valence-corrected chi connectivity index (χ2v) is 13.9. The smallest absolute Gasteiger partial charge is 0.333 e. The number of hydrogen-bond acceptors (Lipinski definition) is 10. The Hall–Kier alpha value is -2.08. The van der Waals surface area contributed by atoms with Crippen LogP contribution in [-0.2, 0) is 19.1 Å². The number of nitrogens with zero attached hydrogens (tertiary/aromatic N) is 1. The summed E-state index contributed by atoms with van der Waals surface area (Å²) in [5.74, 6) is -2.96. The third-order valence-electron chi connectivity index (χ3n) is 12.2. The first-order chi connectivity index (χ1) is 19.2. The van der Waals surface area contributed by atoms with Crippen molar-refractivity contribution >= 4 is 11.9 Å². The minimum atomic E-state index is -1.82. The summed E-state index contributed by atoms with van der Waals surface area (Å²) in [5, 5.41) is 57.7. The number of likely N-dealkylation sites (tertiary alicyclic amines) is 1. The molecule has 1 unspecified atom stereocenters. The molecule has 1 heterocycles. The van der Waals surface area contributed by atoms with Crippen molar-refractivity contribution in [3.05, 3.63) is 35.5 Å². The zero-order chi connectivity index (χ0) is 30.0. The fraction of sp³-hybridized carbons (Fsp3) is 0.742. The Kier molecular flexibility index (Phi) is 6.35. The van der Waals surface area contributed by atoms with Gasteiger partial charge in [0.15, 0.2) is 0 Å². The quantitative estimate of drug-likeness (QED) is 0.178. The van der Waals surface area contributed by atoms with Crippen molar-refractivity contribution < 1.29 is 44.6 Å². The van der Waals surface area contributed by atoms with Gasteiger partial charge in [0.1, 0.15) is 23.9 Å². The van der Waals surface area contributed by atoms with Crippen molar-refractivity contribution in [3.63, 3.8) is 0 Å². The van der Waals surface area contributed by atoms with Crippen molar-refractivity contribution in [1.29, 1.82) is 0 Å². The summed E-state index contributed by atoms with van der Waals surface area (Å²) in [4.78, 5) is 28.9. The van der Waals surface area contributed by atoms with Crippen LogP contribution in [0.15, 0.2) is 35.5 Å². The van der Waals surface area contributed by atoms with Crippen LogP contribution in [0.5, 0.6) is 0 Å². The Morgan fingerprint density at radius 1 is 1.07 bits per heavy atom. The Labute approximate surface area is 240 Å². The molecule has 226 valence electrons. The summed E-state index contributed by atoms with van der Waals surface area (Å²) in [6.45, 7) is 11.1. The molecule has 1 saturated heterocycles. The van der Waals surface area contributed by atoms with Gasteiger partial charge in [0.2, 0.25) is 0 Å². The molecule has 10 heteroatoms. The van der Waals surface area contributed by atoms with Crippen LogP contribution in [-0.4, -0.2) is 105 Å². The number of carbonyl (C=O) groups is 2. The number of rotatable bonds is 5. The summed E-state index contributed by atoms with van der Waals surface area (Å²) >= 11 is 0. The molecular weight excluding hydrogens is 530 g/mol. The highest BCUT2D eigenvalue weighted by Gasteiger charge is 2.93. The van der Waals surface area contributed by atoms with Gasteiger partial charge in [-0.15, -0.1) is 0 Å². The summed E-state index contributed by atoms with van der Waals surface area (Å²) in [7, 11) is 1.97. The first kappa shape index (κ1) is 29.0. The minimum absolute atomic E-state index is 0.133. The molecule has 6 rings (SSSR count). The molecule has 1 aliphatic heterocycles. The number of aliphatic hydroxyl groups excluding tert-OH is 4. The van der Waals surface area contributed by atoms with E-state index in [0.29, 0.717) is 18.5 Å². The molecule has 0 aromatic rings. The molecule has 5 saturated carbocycles. The molecule has 0 aromatic heterocycles. The van der Waals surface area contributed by atoms with Gasteiger partial charge in [-0.1, -0.05) is 25.2 Å². The molecule has 6 aliphatic rings. The van der Waals surface area contributed by atoms with E-state index in [4.69, 9.17) is 9.47 Å². The van der Waals surface area contributed by atoms with E-state index >= 15 is 0 Å². The van der Waals surface area contributed by atoms with E-state index in [9.17, 15) is 35.1 Å². The van der Waals surface area contributed by atoms with Crippen LogP contribution in [0.25, 0.3) is 0 Å². The number of hydrogen-bond donors (Lipinski definition) is 5. The largest absolute Gasteiger partial charge is 0.455 e. The van der Waals surface area contributed by atoms with Crippen LogP contribution in [0.3, 0.4) is 0 Å². The molecule has 5 aliphatic carbocycles. The van der Waals surface area contributed by atoms with E-state index < -0.39 is 82.2 Å². The lowest BCUT2D eigenvalue weighted by Crippen LogP contribution is -2.84. The van der Waals surface area contributed by atoms with Crippen molar-refractivity contribution in [1.82, 2.24) is 4.90 Å². The average Bonchev–Trinajstić information content (AvgIpc) is 3.21. The molecule has 2 spiro atoms. The van der Waals surface area contributed by atoms with Crippen LogP contribution < -0.4 is 0 Å². The van der Waals surface area contributed by atoms with E-state index in [1.807, 2.05) is 14.0 Å². The maximum Gasteiger partial charge on any atom is 0.333 e. The van der Waals surface area contributed by atoms with Gasteiger partial charge >= 0.3 is 11.9 Å². The van der Waals surface area contributed by atoms with Crippen LogP contribution >= 0.6 is 0 Å². The fourth-order valence-corrected chi connectivity index (χ4v) is 11.2. The molecular formula is C31H43NO9. The zero-order valence-electron chi connectivity index (χ0n) is 24.4. The standard InChI is InChI=1S/C31H43NO9/c1-7-14(2)26(37)40-20-18-16(4)10-29-19(18)23-30(22(29)21(20)41-27(38)15(3)8-9-33)12-17(34)11-28(5,13-32(23)6)31(30,39)25(36)24(29)35/h7-8,17-25,33-36,39H,4,9-13H2,1-3,5-6H3/b14-7+,15-8+/t17-,18-,19+,20+,21+,22+,23?,24-,25-,28-,29-,30-,31-/m0/s1. The normalized spacial score (nSPS) is 52.0. The number of piperidine rings is 1. The molecule has 41 heavy (non-hydrogen) atoms. The van der Waals surface area contributed by atoms with E-state index in [1.54, 1.807) is 19.9 Å².